The zero-order valence-corrected chi connectivity index (χ0v) is 9.33. The quantitative estimate of drug-likeness (QED) is 0.594. The fourth-order valence-corrected chi connectivity index (χ4v) is 1.87. The molecule has 0 saturated carbocycles. The van der Waals surface area contributed by atoms with Crippen LogP contribution in [0.15, 0.2) is 30.5 Å². The Morgan fingerprint density at radius 2 is 1.86 bits per heavy atom. The molecule has 0 spiro atoms. The summed E-state index contributed by atoms with van der Waals surface area (Å²) in [4.78, 5) is 0. The lowest BCUT2D eigenvalue weighted by atomic mass is 9.90. The van der Waals surface area contributed by atoms with Crippen molar-refractivity contribution in [2.75, 3.05) is 0 Å². The van der Waals surface area contributed by atoms with Gasteiger partial charge in [0.05, 0.1) is 0 Å². The number of nitrogens with zero attached hydrogens (tertiary/aromatic N) is 1. The molecule has 74 valence electrons. The third kappa shape index (κ3) is 1.43. The van der Waals surface area contributed by atoms with Gasteiger partial charge in [-0.3, -0.25) is 0 Å². The van der Waals surface area contributed by atoms with E-state index in [9.17, 15) is 0 Å². The van der Waals surface area contributed by atoms with E-state index < -0.39 is 0 Å². The average molecular weight is 187 g/mol. The van der Waals surface area contributed by atoms with Gasteiger partial charge in [-0.25, -0.2) is 0 Å². The van der Waals surface area contributed by atoms with Gasteiger partial charge >= 0.3 is 0 Å². The number of rotatable bonds is 0. The fourth-order valence-electron chi connectivity index (χ4n) is 1.87. The summed E-state index contributed by atoms with van der Waals surface area (Å²) in [6.45, 7) is 8.91. The number of hydrogen-bond acceptors (Lipinski definition) is 0. The van der Waals surface area contributed by atoms with Crippen LogP contribution in [0.4, 0.5) is 0 Å². The zero-order chi connectivity index (χ0) is 10.3. The van der Waals surface area contributed by atoms with Crippen LogP contribution in [0.5, 0.6) is 0 Å². The molecule has 0 aromatic carbocycles. The molecule has 0 fully saturated rings. The molecular weight excluding hydrogens is 170 g/mol. The van der Waals surface area contributed by atoms with Crippen molar-refractivity contribution >= 4 is 5.52 Å². The fraction of sp³-hybridized carbons (Fsp3) is 0.385. The van der Waals surface area contributed by atoms with Gasteiger partial charge in [0.25, 0.3) is 0 Å². The van der Waals surface area contributed by atoms with Crippen LogP contribution in [0.25, 0.3) is 5.52 Å². The number of pyridine rings is 1. The van der Waals surface area contributed by atoms with Crippen molar-refractivity contribution in [1.82, 2.24) is 4.40 Å². The molecule has 1 nitrogen and oxygen atoms in total. The minimum atomic E-state index is 0.198. The summed E-state index contributed by atoms with van der Waals surface area (Å²) in [5.41, 5.74) is 4.19. The van der Waals surface area contributed by atoms with E-state index in [-0.39, 0.29) is 5.41 Å². The first-order valence-corrected chi connectivity index (χ1v) is 5.07. The second kappa shape index (κ2) is 2.88. The van der Waals surface area contributed by atoms with Crippen molar-refractivity contribution in [2.45, 2.75) is 33.1 Å². The van der Waals surface area contributed by atoms with E-state index in [4.69, 9.17) is 0 Å². The van der Waals surface area contributed by atoms with Crippen molar-refractivity contribution in [3.05, 3.63) is 41.7 Å². The Labute approximate surface area is 85.4 Å². The molecule has 0 amide bonds. The van der Waals surface area contributed by atoms with Crippen LogP contribution in [-0.4, -0.2) is 4.40 Å². The molecule has 0 saturated heterocycles. The maximum Gasteiger partial charge on any atom is 0.0455 e. The predicted molar refractivity (Wildman–Crippen MR) is 60.8 cm³/mol. The molecule has 2 heterocycles. The highest BCUT2D eigenvalue weighted by molar-refractivity contribution is 5.52. The monoisotopic (exact) mass is 187 g/mol. The smallest absolute Gasteiger partial charge is 0.0455 e. The highest BCUT2D eigenvalue weighted by atomic mass is 14.9. The maximum absolute atomic E-state index is 2.27. The summed E-state index contributed by atoms with van der Waals surface area (Å²) in [6, 6.07) is 8.74. The van der Waals surface area contributed by atoms with E-state index >= 15 is 0 Å². The molecule has 0 aliphatic rings. The standard InChI is InChI=1S/C13H17N/c1-10-8-11-6-5-7-14(11)12(9-10)13(2,3)4/h5-9H,1-4H3. The third-order valence-corrected chi connectivity index (χ3v) is 2.55. The highest BCUT2D eigenvalue weighted by Gasteiger charge is 2.16. The topological polar surface area (TPSA) is 4.41 Å². The summed E-state index contributed by atoms with van der Waals surface area (Å²) in [7, 11) is 0. The molecule has 2 aromatic heterocycles. The number of fused-ring (bicyclic) bond motifs is 1. The van der Waals surface area contributed by atoms with Gasteiger partial charge in [-0.15, -0.1) is 0 Å². The Hall–Kier alpha value is -1.24. The molecule has 0 atom stereocenters. The zero-order valence-electron chi connectivity index (χ0n) is 9.33. The van der Waals surface area contributed by atoms with Crippen LogP contribution >= 0.6 is 0 Å². The Morgan fingerprint density at radius 3 is 2.50 bits per heavy atom. The van der Waals surface area contributed by atoms with Crippen LogP contribution < -0.4 is 0 Å². The van der Waals surface area contributed by atoms with Crippen molar-refractivity contribution < 1.29 is 0 Å². The maximum atomic E-state index is 2.27. The number of hydrogen-bond donors (Lipinski definition) is 0. The summed E-state index contributed by atoms with van der Waals surface area (Å²) < 4.78 is 2.27. The summed E-state index contributed by atoms with van der Waals surface area (Å²) >= 11 is 0. The summed E-state index contributed by atoms with van der Waals surface area (Å²) in [6.07, 6.45) is 2.13. The Morgan fingerprint density at radius 1 is 1.14 bits per heavy atom. The third-order valence-electron chi connectivity index (χ3n) is 2.55. The van der Waals surface area contributed by atoms with E-state index in [1.807, 2.05) is 0 Å². The van der Waals surface area contributed by atoms with Gasteiger partial charge in [-0.2, -0.15) is 0 Å². The minimum Gasteiger partial charge on any atom is -0.320 e. The van der Waals surface area contributed by atoms with Gasteiger partial charge in [0.15, 0.2) is 0 Å². The molecule has 14 heavy (non-hydrogen) atoms. The lowest BCUT2D eigenvalue weighted by Gasteiger charge is -2.21. The van der Waals surface area contributed by atoms with Crippen LogP contribution in [0.1, 0.15) is 32.0 Å². The van der Waals surface area contributed by atoms with Crippen molar-refractivity contribution in [3.8, 4) is 0 Å². The van der Waals surface area contributed by atoms with Crippen LogP contribution in [0.3, 0.4) is 0 Å². The second-order valence-corrected chi connectivity index (χ2v) is 4.97. The molecule has 2 aromatic rings. The Bertz CT molecular complexity index is 458. The molecule has 0 radical (unpaired) electrons. The van der Waals surface area contributed by atoms with E-state index in [0.717, 1.165) is 0 Å². The minimum absolute atomic E-state index is 0.198. The largest absolute Gasteiger partial charge is 0.320 e. The van der Waals surface area contributed by atoms with Crippen molar-refractivity contribution in [1.29, 1.82) is 0 Å². The van der Waals surface area contributed by atoms with E-state index in [2.05, 4.69) is 62.6 Å². The first-order chi connectivity index (χ1) is 6.48. The summed E-state index contributed by atoms with van der Waals surface area (Å²) in [5.74, 6) is 0. The second-order valence-electron chi connectivity index (χ2n) is 4.97. The van der Waals surface area contributed by atoms with Gasteiger partial charge in [-0.1, -0.05) is 20.8 Å². The van der Waals surface area contributed by atoms with Gasteiger partial charge in [0.1, 0.15) is 0 Å². The normalized spacial score (nSPS) is 12.3. The first-order valence-electron chi connectivity index (χ1n) is 5.07. The van der Waals surface area contributed by atoms with Gasteiger partial charge in [0, 0.05) is 22.8 Å². The van der Waals surface area contributed by atoms with Gasteiger partial charge < -0.3 is 4.40 Å². The SMILES string of the molecule is Cc1cc(C(C)(C)C)n2cccc2c1. The molecule has 2 rings (SSSR count). The molecule has 0 N–H and O–H groups in total. The average Bonchev–Trinajstić information content (AvgIpc) is 2.47. The number of aryl methyl sites for hydroxylation is 1. The van der Waals surface area contributed by atoms with E-state index in [0.29, 0.717) is 0 Å². The van der Waals surface area contributed by atoms with Crippen molar-refractivity contribution in [2.24, 2.45) is 0 Å². The molecule has 1 heteroatoms. The molecule has 0 aliphatic carbocycles. The van der Waals surface area contributed by atoms with E-state index in [1.165, 1.54) is 16.8 Å². The molecule has 0 bridgehead atoms. The van der Waals surface area contributed by atoms with E-state index in [1.54, 1.807) is 0 Å². The van der Waals surface area contributed by atoms with Crippen LogP contribution in [0.2, 0.25) is 0 Å². The van der Waals surface area contributed by atoms with Crippen molar-refractivity contribution in [3.63, 3.8) is 0 Å². The lowest BCUT2D eigenvalue weighted by molar-refractivity contribution is 0.560. The number of aromatic nitrogens is 1. The van der Waals surface area contributed by atoms with Crippen LogP contribution in [0, 0.1) is 6.92 Å². The summed E-state index contributed by atoms with van der Waals surface area (Å²) in [5, 5.41) is 0. The van der Waals surface area contributed by atoms with Gasteiger partial charge in [0.2, 0.25) is 0 Å². The van der Waals surface area contributed by atoms with Crippen LogP contribution in [-0.2, 0) is 5.41 Å². The predicted octanol–water partition coefficient (Wildman–Crippen LogP) is 3.55. The Balaban J connectivity index is 2.80. The molecule has 0 unspecified atom stereocenters. The molecular formula is C13H17N. The van der Waals surface area contributed by atoms with Gasteiger partial charge in [-0.05, 0) is 36.8 Å². The first kappa shape index (κ1) is 9.32. The Kier molecular flexibility index (Phi) is 1.91. The lowest BCUT2D eigenvalue weighted by Crippen LogP contribution is -2.16. The molecule has 0 aliphatic heterocycles. The highest BCUT2D eigenvalue weighted by Crippen LogP contribution is 2.24.